The third kappa shape index (κ3) is 3.97. The topological polar surface area (TPSA) is 200 Å². The van der Waals surface area contributed by atoms with Crippen LogP contribution in [0.15, 0.2) is 39.5 Å². The molecule has 0 radical (unpaired) electrons. The fourth-order valence-electron chi connectivity index (χ4n) is 3.68. The number of aliphatic hydroxyl groups is 4. The van der Waals surface area contributed by atoms with Gasteiger partial charge in [0.2, 0.25) is 17.5 Å². The summed E-state index contributed by atoms with van der Waals surface area (Å²) in [4.78, 5) is 12.9. The first-order valence-electron chi connectivity index (χ1n) is 10.0. The number of fused-ring (bicyclic) bond motifs is 1. The molecule has 182 valence electrons. The summed E-state index contributed by atoms with van der Waals surface area (Å²) in [7, 11) is 1.21. The standard InChI is InChI=1S/C22H22O12/c1-31-21-17(28)15-11(26)5-9(24)6-13(15)32-20(21)8-2-3-10(25)12(4-8)33-22-19(30)18(29)16(27)14(7-23)34-22/h2-6,14,16,18-19,22-27,29-30H,7H2,1H3/t14-,16-,18+,19-,22-/m1/s1. The first kappa shape index (κ1) is 23.6. The Bertz CT molecular complexity index is 1270. The van der Waals surface area contributed by atoms with Gasteiger partial charge in [-0.05, 0) is 18.2 Å². The molecule has 0 aliphatic carbocycles. The van der Waals surface area contributed by atoms with Crippen molar-refractivity contribution in [2.45, 2.75) is 30.7 Å². The average molecular weight is 478 g/mol. The highest BCUT2D eigenvalue weighted by molar-refractivity contribution is 5.88. The van der Waals surface area contributed by atoms with Crippen LogP contribution in [0.1, 0.15) is 0 Å². The third-order valence-corrected chi connectivity index (χ3v) is 5.44. The molecule has 5 atom stereocenters. The van der Waals surface area contributed by atoms with Gasteiger partial charge in [-0.1, -0.05) is 0 Å². The first-order chi connectivity index (χ1) is 16.2. The maximum absolute atomic E-state index is 12.9. The molecule has 12 nitrogen and oxygen atoms in total. The molecule has 2 heterocycles. The minimum atomic E-state index is -1.72. The predicted octanol–water partition coefficient (Wildman–Crippen LogP) is -0.236. The van der Waals surface area contributed by atoms with Crippen molar-refractivity contribution in [2.75, 3.05) is 13.7 Å². The summed E-state index contributed by atoms with van der Waals surface area (Å²) >= 11 is 0. The van der Waals surface area contributed by atoms with Crippen LogP contribution in [0, 0.1) is 0 Å². The zero-order valence-electron chi connectivity index (χ0n) is 17.7. The minimum Gasteiger partial charge on any atom is -0.508 e. The Balaban J connectivity index is 1.77. The predicted molar refractivity (Wildman–Crippen MR) is 114 cm³/mol. The smallest absolute Gasteiger partial charge is 0.239 e. The molecule has 7 N–H and O–H groups in total. The number of hydrogen-bond donors (Lipinski definition) is 7. The van der Waals surface area contributed by atoms with Crippen LogP contribution in [-0.2, 0) is 4.74 Å². The van der Waals surface area contributed by atoms with Crippen molar-refractivity contribution >= 4 is 11.0 Å². The second-order valence-electron chi connectivity index (χ2n) is 7.63. The Labute approximate surface area is 191 Å². The summed E-state index contributed by atoms with van der Waals surface area (Å²) in [5.74, 6) is -1.92. The number of ether oxygens (including phenoxy) is 3. The number of methoxy groups -OCH3 is 1. The molecule has 1 fully saturated rings. The maximum atomic E-state index is 12.9. The van der Waals surface area contributed by atoms with Gasteiger partial charge < -0.3 is 54.4 Å². The Hall–Kier alpha value is -3.55. The largest absolute Gasteiger partial charge is 0.508 e. The Kier molecular flexibility index (Phi) is 6.25. The lowest BCUT2D eigenvalue weighted by molar-refractivity contribution is -0.277. The Morgan fingerprint density at radius 3 is 2.38 bits per heavy atom. The van der Waals surface area contributed by atoms with Crippen LogP contribution in [0.2, 0.25) is 0 Å². The number of phenols is 3. The molecule has 0 spiro atoms. The van der Waals surface area contributed by atoms with Gasteiger partial charge in [-0.15, -0.1) is 0 Å². The van der Waals surface area contributed by atoms with E-state index in [1.165, 1.54) is 25.3 Å². The molecule has 1 saturated heterocycles. The van der Waals surface area contributed by atoms with Crippen molar-refractivity contribution in [3.05, 3.63) is 40.6 Å². The molecule has 0 bridgehead atoms. The lowest BCUT2D eigenvalue weighted by Crippen LogP contribution is -2.60. The summed E-state index contributed by atoms with van der Waals surface area (Å²) in [6, 6.07) is 5.89. The van der Waals surface area contributed by atoms with Gasteiger partial charge in [0.1, 0.15) is 46.9 Å². The summed E-state index contributed by atoms with van der Waals surface area (Å²) in [6.45, 7) is -0.671. The van der Waals surface area contributed by atoms with E-state index in [0.717, 1.165) is 12.1 Å². The normalized spacial score (nSPS) is 24.8. The molecule has 0 unspecified atom stereocenters. The van der Waals surface area contributed by atoms with Crippen molar-refractivity contribution < 1.29 is 54.4 Å². The zero-order valence-corrected chi connectivity index (χ0v) is 17.7. The number of benzene rings is 2. The highest BCUT2D eigenvalue weighted by Gasteiger charge is 2.45. The van der Waals surface area contributed by atoms with E-state index in [1.54, 1.807) is 0 Å². The van der Waals surface area contributed by atoms with Gasteiger partial charge in [-0.3, -0.25) is 4.79 Å². The van der Waals surface area contributed by atoms with Crippen molar-refractivity contribution in [2.24, 2.45) is 0 Å². The molecule has 3 aromatic rings. The minimum absolute atomic E-state index is 0.122. The summed E-state index contributed by atoms with van der Waals surface area (Å²) in [5.41, 5.74) is -0.695. The van der Waals surface area contributed by atoms with Crippen LogP contribution in [0.5, 0.6) is 28.7 Å². The number of hydrogen-bond acceptors (Lipinski definition) is 12. The number of aliphatic hydroxyl groups excluding tert-OH is 4. The highest BCUT2D eigenvalue weighted by atomic mass is 16.7. The van der Waals surface area contributed by atoms with Gasteiger partial charge >= 0.3 is 0 Å². The van der Waals surface area contributed by atoms with E-state index in [2.05, 4.69) is 0 Å². The first-order valence-corrected chi connectivity index (χ1v) is 10.0. The second kappa shape index (κ2) is 9.00. The quantitative estimate of drug-likeness (QED) is 0.254. The lowest BCUT2D eigenvalue weighted by atomic mass is 9.99. The molecule has 4 rings (SSSR count). The molecular formula is C22H22O12. The highest BCUT2D eigenvalue weighted by Crippen LogP contribution is 2.39. The second-order valence-corrected chi connectivity index (χ2v) is 7.63. The average Bonchev–Trinajstić information content (AvgIpc) is 2.80. The van der Waals surface area contributed by atoms with Crippen molar-refractivity contribution in [3.63, 3.8) is 0 Å². The van der Waals surface area contributed by atoms with Gasteiger partial charge in [-0.25, -0.2) is 0 Å². The molecule has 0 saturated carbocycles. The summed E-state index contributed by atoms with van der Waals surface area (Å²) in [5, 5.41) is 69.2. The molecule has 1 aromatic heterocycles. The van der Waals surface area contributed by atoms with Crippen LogP contribution >= 0.6 is 0 Å². The van der Waals surface area contributed by atoms with Crippen LogP contribution in [0.3, 0.4) is 0 Å². The van der Waals surface area contributed by atoms with E-state index in [1.807, 2.05) is 0 Å². The van der Waals surface area contributed by atoms with Gasteiger partial charge in [0.05, 0.1) is 13.7 Å². The molecule has 0 amide bonds. The lowest BCUT2D eigenvalue weighted by Gasteiger charge is -2.39. The summed E-state index contributed by atoms with van der Waals surface area (Å²) in [6.07, 6.45) is -7.81. The van der Waals surface area contributed by atoms with Gasteiger partial charge in [-0.2, -0.15) is 0 Å². The van der Waals surface area contributed by atoms with Gasteiger partial charge in [0.25, 0.3) is 0 Å². The fourth-order valence-corrected chi connectivity index (χ4v) is 3.68. The van der Waals surface area contributed by atoms with E-state index < -0.39 is 54.2 Å². The van der Waals surface area contributed by atoms with E-state index in [4.69, 9.17) is 18.6 Å². The Morgan fingerprint density at radius 1 is 0.971 bits per heavy atom. The molecule has 34 heavy (non-hydrogen) atoms. The van der Waals surface area contributed by atoms with Crippen molar-refractivity contribution in [3.8, 4) is 40.1 Å². The number of rotatable bonds is 5. The van der Waals surface area contributed by atoms with Crippen LogP contribution < -0.4 is 14.9 Å². The third-order valence-electron chi connectivity index (χ3n) is 5.44. The van der Waals surface area contributed by atoms with Crippen LogP contribution in [0.4, 0.5) is 0 Å². The molecule has 12 heteroatoms. The van der Waals surface area contributed by atoms with Crippen molar-refractivity contribution in [1.29, 1.82) is 0 Å². The van der Waals surface area contributed by atoms with E-state index in [9.17, 15) is 40.5 Å². The number of aromatic hydroxyl groups is 3. The molecule has 1 aliphatic heterocycles. The SMILES string of the molecule is COc1c(-c2ccc(O)c(O[C@@H]3O[C@H](CO)[C@@H](O)[C@H](O)[C@H]3O)c2)oc2cc(O)cc(O)c2c1=O. The van der Waals surface area contributed by atoms with E-state index in [-0.39, 0.29) is 39.5 Å². The van der Waals surface area contributed by atoms with E-state index in [0.29, 0.717) is 0 Å². The van der Waals surface area contributed by atoms with Crippen LogP contribution in [0.25, 0.3) is 22.3 Å². The van der Waals surface area contributed by atoms with E-state index >= 15 is 0 Å². The molecule has 2 aromatic carbocycles. The Morgan fingerprint density at radius 2 is 1.71 bits per heavy atom. The molecule has 1 aliphatic rings. The summed E-state index contributed by atoms with van der Waals surface area (Å²) < 4.78 is 21.7. The van der Waals surface area contributed by atoms with Gasteiger partial charge in [0.15, 0.2) is 17.3 Å². The zero-order chi connectivity index (χ0) is 24.7. The van der Waals surface area contributed by atoms with Crippen LogP contribution in [-0.4, -0.2) is 80.2 Å². The molecular weight excluding hydrogens is 456 g/mol. The maximum Gasteiger partial charge on any atom is 0.239 e. The van der Waals surface area contributed by atoms with Crippen molar-refractivity contribution in [1.82, 2.24) is 0 Å². The monoisotopic (exact) mass is 478 g/mol. The number of phenolic OH excluding ortho intramolecular Hbond substituents is 3. The van der Waals surface area contributed by atoms with Gasteiger partial charge in [0, 0.05) is 17.7 Å². The fraction of sp³-hybridized carbons (Fsp3) is 0.318.